The van der Waals surface area contributed by atoms with Gasteiger partial charge in [0.05, 0.1) is 10.9 Å². The van der Waals surface area contributed by atoms with Crippen molar-refractivity contribution in [2.24, 2.45) is 0 Å². The Bertz CT molecular complexity index is 988. The molecule has 1 atom stereocenters. The van der Waals surface area contributed by atoms with Gasteiger partial charge >= 0.3 is 0 Å². The Morgan fingerprint density at radius 2 is 1.94 bits per heavy atom. The number of nitrogens with one attached hydrogen (secondary N) is 1. The highest BCUT2D eigenvalue weighted by Crippen LogP contribution is 2.27. The predicted molar refractivity (Wildman–Crippen MR) is 121 cm³/mol. The van der Waals surface area contributed by atoms with E-state index in [9.17, 15) is 9.59 Å². The SMILES string of the molecule is C=C(OCc1ccccc1)N1CCC[C@H]1COc1ccc(/C=C2/SC(=O)NC2=O)cc1. The van der Waals surface area contributed by atoms with E-state index in [1.54, 1.807) is 6.08 Å². The van der Waals surface area contributed by atoms with E-state index in [1.165, 1.54) is 0 Å². The maximum absolute atomic E-state index is 11.7. The Morgan fingerprint density at radius 1 is 1.16 bits per heavy atom. The van der Waals surface area contributed by atoms with Crippen molar-refractivity contribution in [1.29, 1.82) is 0 Å². The van der Waals surface area contributed by atoms with Crippen LogP contribution in [0.1, 0.15) is 24.0 Å². The highest BCUT2D eigenvalue weighted by molar-refractivity contribution is 8.18. The van der Waals surface area contributed by atoms with Gasteiger partial charge < -0.3 is 14.4 Å². The van der Waals surface area contributed by atoms with Gasteiger partial charge in [-0.1, -0.05) is 42.5 Å². The Balaban J connectivity index is 1.29. The van der Waals surface area contributed by atoms with Crippen molar-refractivity contribution in [2.45, 2.75) is 25.5 Å². The fraction of sp³-hybridized carbons (Fsp3) is 0.250. The first-order valence-corrected chi connectivity index (χ1v) is 11.0. The summed E-state index contributed by atoms with van der Waals surface area (Å²) in [6, 6.07) is 17.7. The van der Waals surface area contributed by atoms with Crippen LogP contribution >= 0.6 is 11.8 Å². The normalized spacial score (nSPS) is 19.5. The smallest absolute Gasteiger partial charge is 0.290 e. The van der Waals surface area contributed by atoms with Crippen molar-refractivity contribution in [3.05, 3.63) is 83.1 Å². The molecule has 0 aromatic heterocycles. The van der Waals surface area contributed by atoms with E-state index in [-0.39, 0.29) is 17.2 Å². The van der Waals surface area contributed by atoms with Gasteiger partial charge in [0.15, 0.2) is 5.88 Å². The lowest BCUT2D eigenvalue weighted by molar-refractivity contribution is -0.115. The molecule has 1 N–H and O–H groups in total. The summed E-state index contributed by atoms with van der Waals surface area (Å²) in [7, 11) is 0. The average Bonchev–Trinajstić information content (AvgIpc) is 3.38. The third-order valence-corrected chi connectivity index (χ3v) is 6.02. The van der Waals surface area contributed by atoms with Crippen LogP contribution in [-0.4, -0.2) is 35.2 Å². The zero-order valence-electron chi connectivity index (χ0n) is 17.1. The molecule has 0 unspecified atom stereocenters. The molecular formula is C24H24N2O4S. The van der Waals surface area contributed by atoms with Gasteiger partial charge in [-0.2, -0.15) is 0 Å². The zero-order valence-corrected chi connectivity index (χ0v) is 17.9. The monoisotopic (exact) mass is 436 g/mol. The van der Waals surface area contributed by atoms with Crippen LogP contribution in [0.5, 0.6) is 5.75 Å². The van der Waals surface area contributed by atoms with Crippen LogP contribution in [-0.2, 0) is 16.1 Å². The lowest BCUT2D eigenvalue weighted by Crippen LogP contribution is -2.34. The molecule has 4 rings (SSSR count). The number of hydrogen-bond donors (Lipinski definition) is 1. The number of nitrogens with zero attached hydrogens (tertiary/aromatic N) is 1. The highest BCUT2D eigenvalue weighted by Gasteiger charge is 2.27. The fourth-order valence-corrected chi connectivity index (χ4v) is 4.27. The lowest BCUT2D eigenvalue weighted by Gasteiger charge is -2.28. The summed E-state index contributed by atoms with van der Waals surface area (Å²) in [5.74, 6) is 1.08. The van der Waals surface area contributed by atoms with E-state index < -0.39 is 0 Å². The summed E-state index contributed by atoms with van der Waals surface area (Å²) in [4.78, 5) is 25.5. The van der Waals surface area contributed by atoms with E-state index in [0.717, 1.165) is 48.0 Å². The second-order valence-electron chi connectivity index (χ2n) is 7.39. The van der Waals surface area contributed by atoms with Crippen LogP contribution in [0.2, 0.25) is 0 Å². The number of amides is 2. The number of likely N-dealkylation sites (tertiary alicyclic amines) is 1. The van der Waals surface area contributed by atoms with Crippen LogP contribution in [0.4, 0.5) is 4.79 Å². The Kier molecular flexibility index (Phi) is 6.62. The van der Waals surface area contributed by atoms with Gasteiger partial charge in [-0.25, -0.2) is 0 Å². The Morgan fingerprint density at radius 3 is 2.65 bits per heavy atom. The van der Waals surface area contributed by atoms with Gasteiger partial charge in [0.2, 0.25) is 0 Å². The molecule has 0 radical (unpaired) electrons. The third kappa shape index (κ3) is 5.49. The molecule has 2 aromatic carbocycles. The Hall–Kier alpha value is -3.19. The van der Waals surface area contributed by atoms with E-state index in [1.807, 2.05) is 54.6 Å². The molecule has 2 saturated heterocycles. The summed E-state index contributed by atoms with van der Waals surface area (Å²) in [5.41, 5.74) is 1.95. The first-order valence-electron chi connectivity index (χ1n) is 10.2. The molecule has 2 fully saturated rings. The maximum Gasteiger partial charge on any atom is 0.290 e. The van der Waals surface area contributed by atoms with E-state index in [4.69, 9.17) is 9.47 Å². The average molecular weight is 437 g/mol. The zero-order chi connectivity index (χ0) is 21.6. The minimum absolute atomic E-state index is 0.217. The fourth-order valence-electron chi connectivity index (χ4n) is 3.59. The van der Waals surface area contributed by atoms with E-state index >= 15 is 0 Å². The highest BCUT2D eigenvalue weighted by atomic mass is 32.2. The van der Waals surface area contributed by atoms with Gasteiger partial charge in [-0.05, 0) is 60.5 Å². The topological polar surface area (TPSA) is 67.9 Å². The molecule has 2 aromatic rings. The summed E-state index contributed by atoms with van der Waals surface area (Å²) < 4.78 is 11.9. The number of rotatable bonds is 8. The predicted octanol–water partition coefficient (Wildman–Crippen LogP) is 4.54. The molecule has 0 saturated carbocycles. The van der Waals surface area contributed by atoms with E-state index in [2.05, 4.69) is 16.8 Å². The number of hydrogen-bond acceptors (Lipinski definition) is 6. The summed E-state index contributed by atoms with van der Waals surface area (Å²) in [6.07, 6.45) is 3.80. The number of imide groups is 1. The van der Waals surface area contributed by atoms with Crippen LogP contribution in [0.3, 0.4) is 0 Å². The minimum atomic E-state index is -0.355. The number of ether oxygens (including phenoxy) is 2. The molecule has 31 heavy (non-hydrogen) atoms. The van der Waals surface area contributed by atoms with Crippen molar-refractivity contribution in [3.63, 3.8) is 0 Å². The minimum Gasteiger partial charge on any atom is -0.491 e. The van der Waals surface area contributed by atoms with Gasteiger partial charge in [0.25, 0.3) is 11.1 Å². The molecule has 0 bridgehead atoms. The molecule has 2 aliphatic heterocycles. The maximum atomic E-state index is 11.7. The van der Waals surface area contributed by atoms with Crippen molar-refractivity contribution in [3.8, 4) is 5.75 Å². The second kappa shape index (κ2) is 9.75. The van der Waals surface area contributed by atoms with Crippen molar-refractivity contribution < 1.29 is 19.1 Å². The molecular weight excluding hydrogens is 412 g/mol. The molecule has 7 heteroatoms. The van der Waals surface area contributed by atoms with Crippen LogP contribution in [0.25, 0.3) is 6.08 Å². The first-order chi connectivity index (χ1) is 15.1. The number of thioether (sulfide) groups is 1. The van der Waals surface area contributed by atoms with Crippen LogP contribution in [0, 0.1) is 0 Å². The quantitative estimate of drug-likeness (QED) is 0.484. The molecule has 2 aliphatic rings. The van der Waals surface area contributed by atoms with E-state index in [0.29, 0.717) is 24.0 Å². The lowest BCUT2D eigenvalue weighted by atomic mass is 10.2. The van der Waals surface area contributed by atoms with Crippen LogP contribution in [0.15, 0.2) is 72.0 Å². The standard InChI is InChI=1S/C24H24N2O4S/c1-17(29-15-19-6-3-2-4-7-19)26-13-5-8-20(26)16-30-21-11-9-18(10-12-21)14-22-23(27)25-24(28)31-22/h2-4,6-7,9-12,14,20H,1,5,8,13,15-16H2,(H,25,27,28)/b22-14+/t20-/m0/s1. The van der Waals surface area contributed by atoms with Gasteiger partial charge in [-0.15, -0.1) is 0 Å². The van der Waals surface area contributed by atoms with Gasteiger partial charge in [0, 0.05) is 6.54 Å². The largest absolute Gasteiger partial charge is 0.491 e. The molecule has 0 aliphatic carbocycles. The summed E-state index contributed by atoms with van der Waals surface area (Å²) in [6.45, 7) is 6.07. The number of carbonyl (C=O) groups is 2. The number of benzene rings is 2. The summed E-state index contributed by atoms with van der Waals surface area (Å²) >= 11 is 0.910. The Labute approximate surface area is 185 Å². The van der Waals surface area contributed by atoms with Gasteiger partial charge in [-0.3, -0.25) is 14.9 Å². The van der Waals surface area contributed by atoms with Crippen LogP contribution < -0.4 is 10.1 Å². The third-order valence-electron chi connectivity index (χ3n) is 5.21. The van der Waals surface area contributed by atoms with Crippen molar-refractivity contribution in [2.75, 3.05) is 13.2 Å². The van der Waals surface area contributed by atoms with Gasteiger partial charge in [0.1, 0.15) is 19.0 Å². The van der Waals surface area contributed by atoms with Crippen molar-refractivity contribution >= 4 is 29.0 Å². The first kappa shape index (κ1) is 21.1. The molecule has 6 nitrogen and oxygen atoms in total. The molecule has 2 heterocycles. The second-order valence-corrected chi connectivity index (χ2v) is 8.40. The molecule has 160 valence electrons. The number of carbonyl (C=O) groups excluding carboxylic acids is 2. The van der Waals surface area contributed by atoms with Crippen molar-refractivity contribution in [1.82, 2.24) is 10.2 Å². The molecule has 0 spiro atoms. The summed E-state index contributed by atoms with van der Waals surface area (Å²) in [5, 5.41) is 1.91. The molecule has 2 amide bonds.